The molecule has 1 unspecified atom stereocenters. The first-order chi connectivity index (χ1) is 13.3. The Morgan fingerprint density at radius 1 is 0.786 bits per heavy atom. The van der Waals surface area contributed by atoms with Gasteiger partial charge in [0.1, 0.15) is 11.6 Å². The zero-order chi connectivity index (χ0) is 21.3. The van der Waals surface area contributed by atoms with Crippen molar-refractivity contribution in [3.8, 4) is 0 Å². The highest BCUT2D eigenvalue weighted by atomic mass is 16.6. The molecule has 28 heavy (non-hydrogen) atoms. The van der Waals surface area contributed by atoms with E-state index in [0.717, 1.165) is 25.7 Å². The fraction of sp³-hybridized carbons (Fsp3) is 0.913. The average molecular weight is 399 g/mol. The summed E-state index contributed by atoms with van der Waals surface area (Å²) in [5.74, 6) is -0.102. The summed E-state index contributed by atoms with van der Waals surface area (Å²) < 4.78 is 5.28. The van der Waals surface area contributed by atoms with Crippen LogP contribution < -0.4 is 10.6 Å². The minimum absolute atomic E-state index is 0.102. The SMILES string of the molecule is CCCCCCCCCCCCNC(=O)C(CCCC)NC(=O)OC(C)(C)C. The van der Waals surface area contributed by atoms with Gasteiger partial charge in [-0.3, -0.25) is 4.79 Å². The van der Waals surface area contributed by atoms with E-state index in [4.69, 9.17) is 4.74 Å². The molecule has 1 atom stereocenters. The lowest BCUT2D eigenvalue weighted by Crippen LogP contribution is -2.48. The third kappa shape index (κ3) is 16.9. The van der Waals surface area contributed by atoms with Crippen molar-refractivity contribution >= 4 is 12.0 Å². The van der Waals surface area contributed by atoms with Crippen molar-refractivity contribution < 1.29 is 14.3 Å². The quantitative estimate of drug-likeness (QED) is 0.308. The Morgan fingerprint density at radius 2 is 1.29 bits per heavy atom. The molecule has 0 rings (SSSR count). The normalized spacial score (nSPS) is 12.5. The van der Waals surface area contributed by atoms with Crippen molar-refractivity contribution in [2.24, 2.45) is 0 Å². The molecule has 0 spiro atoms. The molecule has 0 saturated carbocycles. The molecule has 0 aromatic heterocycles. The van der Waals surface area contributed by atoms with Gasteiger partial charge in [0, 0.05) is 6.54 Å². The summed E-state index contributed by atoms with van der Waals surface area (Å²) >= 11 is 0. The fourth-order valence-electron chi connectivity index (χ4n) is 3.07. The minimum atomic E-state index is -0.564. The van der Waals surface area contributed by atoms with Crippen LogP contribution in [0.1, 0.15) is 118 Å². The van der Waals surface area contributed by atoms with E-state index in [0.29, 0.717) is 13.0 Å². The molecule has 0 aromatic carbocycles. The summed E-state index contributed by atoms with van der Waals surface area (Å²) in [7, 11) is 0. The smallest absolute Gasteiger partial charge is 0.408 e. The van der Waals surface area contributed by atoms with Gasteiger partial charge in [-0.1, -0.05) is 84.5 Å². The molecular weight excluding hydrogens is 352 g/mol. The second kappa shape index (κ2) is 16.7. The summed E-state index contributed by atoms with van der Waals surface area (Å²) in [6, 6.07) is -0.516. The second-order valence-electron chi connectivity index (χ2n) is 8.81. The van der Waals surface area contributed by atoms with Gasteiger partial charge < -0.3 is 15.4 Å². The number of ether oxygens (including phenoxy) is 1. The Bertz CT molecular complexity index is 405. The molecule has 0 aliphatic carbocycles. The van der Waals surface area contributed by atoms with Gasteiger partial charge >= 0.3 is 6.09 Å². The van der Waals surface area contributed by atoms with Gasteiger partial charge in [0.2, 0.25) is 5.91 Å². The highest BCUT2D eigenvalue weighted by Gasteiger charge is 2.23. The van der Waals surface area contributed by atoms with E-state index in [1.807, 2.05) is 20.8 Å². The number of amides is 2. The second-order valence-corrected chi connectivity index (χ2v) is 8.81. The van der Waals surface area contributed by atoms with E-state index in [9.17, 15) is 9.59 Å². The zero-order valence-corrected chi connectivity index (χ0v) is 19.2. The van der Waals surface area contributed by atoms with Crippen LogP contribution in [0.3, 0.4) is 0 Å². The molecule has 0 saturated heterocycles. The van der Waals surface area contributed by atoms with Crippen LogP contribution in [-0.4, -0.2) is 30.2 Å². The molecule has 0 aliphatic rings. The number of carbonyl (C=O) groups is 2. The lowest BCUT2D eigenvalue weighted by molar-refractivity contribution is -0.123. The lowest BCUT2D eigenvalue weighted by atomic mass is 10.1. The number of hydrogen-bond donors (Lipinski definition) is 2. The van der Waals surface area contributed by atoms with Crippen LogP contribution in [0.4, 0.5) is 4.79 Å². The monoisotopic (exact) mass is 398 g/mol. The van der Waals surface area contributed by atoms with Gasteiger partial charge in [-0.05, 0) is 33.6 Å². The number of alkyl carbamates (subject to hydrolysis) is 1. The molecule has 0 radical (unpaired) electrons. The van der Waals surface area contributed by atoms with Crippen LogP contribution in [-0.2, 0) is 9.53 Å². The largest absolute Gasteiger partial charge is 0.444 e. The summed E-state index contributed by atoms with van der Waals surface area (Å²) in [4.78, 5) is 24.4. The van der Waals surface area contributed by atoms with Crippen LogP contribution in [0, 0.1) is 0 Å². The molecule has 0 bridgehead atoms. The third-order valence-electron chi connectivity index (χ3n) is 4.68. The van der Waals surface area contributed by atoms with E-state index >= 15 is 0 Å². The van der Waals surface area contributed by atoms with Crippen LogP contribution in [0.15, 0.2) is 0 Å². The molecule has 5 nitrogen and oxygen atoms in total. The van der Waals surface area contributed by atoms with Crippen molar-refractivity contribution in [1.29, 1.82) is 0 Å². The van der Waals surface area contributed by atoms with Crippen molar-refractivity contribution in [3.63, 3.8) is 0 Å². The Morgan fingerprint density at radius 3 is 1.79 bits per heavy atom. The van der Waals surface area contributed by atoms with Gasteiger partial charge in [-0.25, -0.2) is 4.79 Å². The molecule has 0 aliphatic heterocycles. The molecule has 2 amide bonds. The summed E-state index contributed by atoms with van der Waals surface area (Å²) in [5.41, 5.74) is -0.564. The Kier molecular flexibility index (Phi) is 15.9. The molecule has 166 valence electrons. The Balaban J connectivity index is 3.94. The molecular formula is C23H46N2O3. The van der Waals surface area contributed by atoms with Crippen LogP contribution in [0.2, 0.25) is 0 Å². The maximum absolute atomic E-state index is 12.4. The summed E-state index contributed by atoms with van der Waals surface area (Å²) in [6.45, 7) is 10.5. The first-order valence-electron chi connectivity index (χ1n) is 11.6. The number of unbranched alkanes of at least 4 members (excludes halogenated alkanes) is 10. The molecule has 2 N–H and O–H groups in total. The first-order valence-corrected chi connectivity index (χ1v) is 11.6. The third-order valence-corrected chi connectivity index (χ3v) is 4.68. The van der Waals surface area contributed by atoms with Gasteiger partial charge in [-0.2, -0.15) is 0 Å². The molecule has 0 fully saturated rings. The highest BCUT2D eigenvalue weighted by molar-refractivity contribution is 5.85. The number of hydrogen-bond acceptors (Lipinski definition) is 3. The number of nitrogens with one attached hydrogen (secondary N) is 2. The minimum Gasteiger partial charge on any atom is -0.444 e. The maximum atomic E-state index is 12.4. The number of carbonyl (C=O) groups excluding carboxylic acids is 2. The van der Waals surface area contributed by atoms with Gasteiger partial charge in [0.15, 0.2) is 0 Å². The maximum Gasteiger partial charge on any atom is 0.408 e. The van der Waals surface area contributed by atoms with E-state index in [-0.39, 0.29) is 5.91 Å². The lowest BCUT2D eigenvalue weighted by Gasteiger charge is -2.23. The standard InChI is InChI=1S/C23H46N2O3/c1-6-8-10-11-12-13-14-15-16-17-19-24-21(26)20(18-9-7-2)25-22(27)28-23(3,4)5/h20H,6-19H2,1-5H3,(H,24,26)(H,25,27). The van der Waals surface area contributed by atoms with E-state index < -0.39 is 17.7 Å². The predicted octanol–water partition coefficient (Wildman–Crippen LogP) is 6.11. The van der Waals surface area contributed by atoms with Crippen molar-refractivity contribution in [1.82, 2.24) is 10.6 Å². The molecule has 0 heterocycles. The van der Waals surface area contributed by atoms with Crippen LogP contribution >= 0.6 is 0 Å². The van der Waals surface area contributed by atoms with Gasteiger partial charge in [0.25, 0.3) is 0 Å². The van der Waals surface area contributed by atoms with Crippen LogP contribution in [0.5, 0.6) is 0 Å². The van der Waals surface area contributed by atoms with Crippen LogP contribution in [0.25, 0.3) is 0 Å². The highest BCUT2D eigenvalue weighted by Crippen LogP contribution is 2.11. The topological polar surface area (TPSA) is 67.4 Å². The van der Waals surface area contributed by atoms with Crippen molar-refractivity contribution in [3.05, 3.63) is 0 Å². The van der Waals surface area contributed by atoms with E-state index in [2.05, 4.69) is 24.5 Å². The van der Waals surface area contributed by atoms with Gasteiger partial charge in [-0.15, -0.1) is 0 Å². The Hall–Kier alpha value is -1.26. The molecule has 0 aromatic rings. The first kappa shape index (κ1) is 26.7. The summed E-state index contributed by atoms with van der Waals surface area (Å²) in [5, 5.41) is 5.70. The number of rotatable bonds is 16. The van der Waals surface area contributed by atoms with E-state index in [1.54, 1.807) is 0 Å². The summed E-state index contributed by atoms with van der Waals surface area (Å²) in [6.07, 6.45) is 14.8. The zero-order valence-electron chi connectivity index (χ0n) is 19.2. The van der Waals surface area contributed by atoms with E-state index in [1.165, 1.54) is 51.4 Å². The van der Waals surface area contributed by atoms with Crippen molar-refractivity contribution in [2.45, 2.75) is 130 Å². The fourth-order valence-corrected chi connectivity index (χ4v) is 3.07. The van der Waals surface area contributed by atoms with Gasteiger partial charge in [0.05, 0.1) is 0 Å². The Labute approximate surface area is 173 Å². The molecule has 5 heteroatoms. The predicted molar refractivity (Wildman–Crippen MR) is 118 cm³/mol. The average Bonchev–Trinajstić information content (AvgIpc) is 2.61. The van der Waals surface area contributed by atoms with Crippen molar-refractivity contribution in [2.75, 3.05) is 6.54 Å².